The second-order valence-electron chi connectivity index (χ2n) is 3.65. The van der Waals surface area contributed by atoms with Crippen molar-refractivity contribution in [3.05, 3.63) is 35.9 Å². The van der Waals surface area contributed by atoms with E-state index in [1.807, 2.05) is 36.1 Å². The fourth-order valence-electron chi connectivity index (χ4n) is 1.83. The molecular weight excluding hydrogens is 202 g/mol. The first-order valence-electron chi connectivity index (χ1n) is 5.47. The van der Waals surface area contributed by atoms with Gasteiger partial charge in [0.05, 0.1) is 6.61 Å². The minimum Gasteiger partial charge on any atom is -0.465 e. The summed E-state index contributed by atoms with van der Waals surface area (Å²) < 4.78 is 4.95. The molecule has 0 aliphatic carbocycles. The summed E-state index contributed by atoms with van der Waals surface area (Å²) in [5, 5.41) is 0. The fourth-order valence-corrected chi connectivity index (χ4v) is 1.83. The van der Waals surface area contributed by atoms with Gasteiger partial charge in [0.15, 0.2) is 0 Å². The number of rotatable bonds is 3. The fraction of sp³-hybridized carbons (Fsp3) is 0.308. The van der Waals surface area contributed by atoms with Crippen LogP contribution in [0.3, 0.4) is 0 Å². The van der Waals surface area contributed by atoms with E-state index in [1.165, 1.54) is 0 Å². The van der Waals surface area contributed by atoms with Crippen molar-refractivity contribution in [3.8, 4) is 0 Å². The summed E-state index contributed by atoms with van der Waals surface area (Å²) in [7, 11) is 0. The van der Waals surface area contributed by atoms with E-state index < -0.39 is 0 Å². The zero-order valence-electron chi connectivity index (χ0n) is 9.35. The van der Waals surface area contributed by atoms with Gasteiger partial charge >= 0.3 is 5.97 Å². The van der Waals surface area contributed by atoms with E-state index in [1.54, 1.807) is 0 Å². The minimum atomic E-state index is -0.174. The van der Waals surface area contributed by atoms with Crippen molar-refractivity contribution in [3.63, 3.8) is 0 Å². The maximum absolute atomic E-state index is 11.4. The summed E-state index contributed by atoms with van der Waals surface area (Å²) in [5.41, 5.74) is 2.25. The van der Waals surface area contributed by atoms with E-state index in [-0.39, 0.29) is 5.97 Å². The average molecular weight is 217 g/mol. The highest BCUT2D eigenvalue weighted by molar-refractivity contribution is 5.79. The smallest absolute Gasteiger partial charge is 0.325 e. The standard InChI is InChI=1S/C13H15NO2/c1-2-16-13(15)10-14-9-5-7-11-6-3-4-8-12(11)14/h3-8H,2,9-10H2,1H3. The number of hydrogen-bond donors (Lipinski definition) is 0. The third-order valence-electron chi connectivity index (χ3n) is 2.53. The van der Waals surface area contributed by atoms with Crippen LogP contribution in [0, 0.1) is 0 Å². The zero-order valence-corrected chi connectivity index (χ0v) is 9.35. The number of para-hydroxylation sites is 1. The van der Waals surface area contributed by atoms with Crippen molar-refractivity contribution >= 4 is 17.7 Å². The van der Waals surface area contributed by atoms with Crippen LogP contribution in [0.1, 0.15) is 12.5 Å². The molecule has 16 heavy (non-hydrogen) atoms. The highest BCUT2D eigenvalue weighted by Crippen LogP contribution is 2.24. The number of carbonyl (C=O) groups excluding carboxylic acids is 1. The highest BCUT2D eigenvalue weighted by Gasteiger charge is 2.15. The predicted octanol–water partition coefficient (Wildman–Crippen LogP) is 2.08. The number of ether oxygens (including phenoxy) is 1. The Labute approximate surface area is 95.3 Å². The third kappa shape index (κ3) is 2.24. The van der Waals surface area contributed by atoms with Crippen LogP contribution in [0.15, 0.2) is 30.3 Å². The summed E-state index contributed by atoms with van der Waals surface area (Å²) >= 11 is 0. The van der Waals surface area contributed by atoms with Crippen LogP contribution >= 0.6 is 0 Å². The van der Waals surface area contributed by atoms with Gasteiger partial charge in [0, 0.05) is 12.2 Å². The Kier molecular flexibility index (Phi) is 3.25. The van der Waals surface area contributed by atoms with E-state index in [9.17, 15) is 4.79 Å². The topological polar surface area (TPSA) is 29.5 Å². The van der Waals surface area contributed by atoms with E-state index in [2.05, 4.69) is 12.2 Å². The largest absolute Gasteiger partial charge is 0.465 e. The normalized spacial score (nSPS) is 13.4. The molecule has 1 heterocycles. The monoisotopic (exact) mass is 217 g/mol. The molecular formula is C13H15NO2. The van der Waals surface area contributed by atoms with Crippen molar-refractivity contribution in [2.75, 3.05) is 24.6 Å². The molecule has 0 fully saturated rings. The Hall–Kier alpha value is -1.77. The highest BCUT2D eigenvalue weighted by atomic mass is 16.5. The van der Waals surface area contributed by atoms with Crippen molar-refractivity contribution in [2.45, 2.75) is 6.92 Å². The van der Waals surface area contributed by atoms with E-state index in [0.717, 1.165) is 17.8 Å². The maximum Gasteiger partial charge on any atom is 0.325 e. The van der Waals surface area contributed by atoms with Crippen molar-refractivity contribution < 1.29 is 9.53 Å². The Morgan fingerprint density at radius 2 is 2.25 bits per heavy atom. The molecule has 2 rings (SSSR count). The molecule has 0 unspecified atom stereocenters. The molecule has 0 radical (unpaired) electrons. The minimum absolute atomic E-state index is 0.174. The van der Waals surface area contributed by atoms with Crippen molar-refractivity contribution in [1.82, 2.24) is 0 Å². The van der Waals surface area contributed by atoms with Crippen LogP contribution in [0.25, 0.3) is 6.08 Å². The molecule has 1 aliphatic heterocycles. The lowest BCUT2D eigenvalue weighted by Crippen LogP contribution is -2.32. The lowest BCUT2D eigenvalue weighted by molar-refractivity contribution is -0.141. The second-order valence-corrected chi connectivity index (χ2v) is 3.65. The van der Waals surface area contributed by atoms with Gasteiger partial charge in [-0.05, 0) is 18.6 Å². The first kappa shape index (κ1) is 10.7. The molecule has 3 nitrogen and oxygen atoms in total. The molecule has 0 amide bonds. The summed E-state index contributed by atoms with van der Waals surface area (Å²) in [5.74, 6) is -0.174. The molecule has 0 atom stereocenters. The second kappa shape index (κ2) is 4.84. The maximum atomic E-state index is 11.4. The Bertz CT molecular complexity index is 412. The zero-order chi connectivity index (χ0) is 11.4. The van der Waals surface area contributed by atoms with Gasteiger partial charge in [0.2, 0.25) is 0 Å². The SMILES string of the molecule is CCOC(=O)CN1CC=Cc2ccccc21. The van der Waals surface area contributed by atoms with Gasteiger partial charge < -0.3 is 9.64 Å². The first-order chi connectivity index (χ1) is 7.81. The van der Waals surface area contributed by atoms with Crippen molar-refractivity contribution in [2.24, 2.45) is 0 Å². The molecule has 3 heteroatoms. The van der Waals surface area contributed by atoms with Gasteiger partial charge in [0.25, 0.3) is 0 Å². The van der Waals surface area contributed by atoms with Crippen LogP contribution in [0.5, 0.6) is 0 Å². The van der Waals surface area contributed by atoms with Gasteiger partial charge in [-0.15, -0.1) is 0 Å². The number of benzene rings is 1. The Morgan fingerprint density at radius 3 is 3.06 bits per heavy atom. The Morgan fingerprint density at radius 1 is 1.44 bits per heavy atom. The molecule has 0 N–H and O–H groups in total. The number of hydrogen-bond acceptors (Lipinski definition) is 3. The van der Waals surface area contributed by atoms with Crippen molar-refractivity contribution in [1.29, 1.82) is 0 Å². The quantitative estimate of drug-likeness (QED) is 0.726. The molecule has 1 aromatic rings. The Balaban J connectivity index is 2.13. The first-order valence-corrected chi connectivity index (χ1v) is 5.47. The molecule has 1 aromatic carbocycles. The number of fused-ring (bicyclic) bond motifs is 1. The van der Waals surface area contributed by atoms with E-state index >= 15 is 0 Å². The van der Waals surface area contributed by atoms with Gasteiger partial charge in [-0.2, -0.15) is 0 Å². The number of esters is 1. The van der Waals surface area contributed by atoms with Crippen LogP contribution in [-0.4, -0.2) is 25.7 Å². The summed E-state index contributed by atoms with van der Waals surface area (Å²) in [6.07, 6.45) is 4.14. The van der Waals surface area contributed by atoms with Crippen LogP contribution in [0.4, 0.5) is 5.69 Å². The molecule has 0 bridgehead atoms. The summed E-state index contributed by atoms with van der Waals surface area (Å²) in [6, 6.07) is 8.05. The van der Waals surface area contributed by atoms with E-state index in [0.29, 0.717) is 13.2 Å². The van der Waals surface area contributed by atoms with Crippen LogP contribution in [-0.2, 0) is 9.53 Å². The van der Waals surface area contributed by atoms with Gasteiger partial charge in [-0.25, -0.2) is 0 Å². The molecule has 84 valence electrons. The predicted molar refractivity (Wildman–Crippen MR) is 64.3 cm³/mol. The van der Waals surface area contributed by atoms with Crippen LogP contribution in [0.2, 0.25) is 0 Å². The summed E-state index contributed by atoms with van der Waals surface area (Å²) in [4.78, 5) is 13.5. The third-order valence-corrected chi connectivity index (χ3v) is 2.53. The lowest BCUT2D eigenvalue weighted by Gasteiger charge is -2.26. The summed E-state index contributed by atoms with van der Waals surface area (Å²) in [6.45, 7) is 3.33. The molecule has 1 aliphatic rings. The van der Waals surface area contributed by atoms with Gasteiger partial charge in [-0.1, -0.05) is 30.4 Å². The van der Waals surface area contributed by atoms with Crippen LogP contribution < -0.4 is 4.90 Å². The van der Waals surface area contributed by atoms with Gasteiger partial charge in [0.1, 0.15) is 6.54 Å². The number of carbonyl (C=O) groups is 1. The van der Waals surface area contributed by atoms with Gasteiger partial charge in [-0.3, -0.25) is 4.79 Å². The molecule has 0 saturated carbocycles. The molecule has 0 spiro atoms. The van der Waals surface area contributed by atoms with E-state index in [4.69, 9.17) is 4.74 Å². The number of nitrogens with zero attached hydrogens (tertiary/aromatic N) is 1. The number of anilines is 1. The molecule has 0 aromatic heterocycles. The average Bonchev–Trinajstić information content (AvgIpc) is 2.30. The lowest BCUT2D eigenvalue weighted by atomic mass is 10.1. The molecule has 0 saturated heterocycles.